The van der Waals surface area contributed by atoms with E-state index in [9.17, 15) is 23.3 Å². The topological polar surface area (TPSA) is 90.2 Å². The Bertz CT molecular complexity index is 482. The van der Waals surface area contributed by atoms with Crippen LogP contribution >= 0.6 is 0 Å². The minimum absolute atomic E-state index is 0.133. The number of rotatable bonds is 8. The van der Waals surface area contributed by atoms with Crippen LogP contribution in [0.2, 0.25) is 0 Å². The van der Waals surface area contributed by atoms with E-state index in [1.165, 1.54) is 0 Å². The first kappa shape index (κ1) is 16.9. The lowest BCUT2D eigenvalue weighted by Crippen LogP contribution is -2.11. The van der Waals surface area contributed by atoms with Crippen LogP contribution in [0.25, 0.3) is 0 Å². The summed E-state index contributed by atoms with van der Waals surface area (Å²) in [5, 5.41) is 13.6. The zero-order valence-corrected chi connectivity index (χ0v) is 11.3. The summed E-state index contributed by atoms with van der Waals surface area (Å²) in [7, 11) is 0. The van der Waals surface area contributed by atoms with Crippen LogP contribution in [0.3, 0.4) is 0 Å². The second kappa shape index (κ2) is 7.60. The van der Waals surface area contributed by atoms with Crippen LogP contribution in [0.5, 0.6) is 5.88 Å². The zero-order chi connectivity index (χ0) is 15.9. The maximum absolute atomic E-state index is 12.0. The molecule has 0 fully saturated rings. The summed E-state index contributed by atoms with van der Waals surface area (Å²) in [4.78, 5) is 17.6. The van der Waals surface area contributed by atoms with Gasteiger partial charge in [0.1, 0.15) is 6.20 Å². The zero-order valence-electron chi connectivity index (χ0n) is 11.3. The van der Waals surface area contributed by atoms with Gasteiger partial charge < -0.3 is 10.1 Å². The molecule has 0 aliphatic rings. The van der Waals surface area contributed by atoms with Crippen molar-refractivity contribution in [1.82, 2.24) is 9.97 Å². The summed E-state index contributed by atoms with van der Waals surface area (Å²) in [5.74, 6) is -0.205. The monoisotopic (exact) mass is 308 g/mol. The Morgan fingerprint density at radius 1 is 1.48 bits per heavy atom. The Kier molecular flexibility index (Phi) is 6.12. The number of halogens is 3. The van der Waals surface area contributed by atoms with Gasteiger partial charge in [-0.3, -0.25) is 10.1 Å². The highest BCUT2D eigenvalue weighted by atomic mass is 19.4. The largest absolute Gasteiger partial charge is 0.473 e. The Balaban J connectivity index is 2.69. The van der Waals surface area contributed by atoms with Crippen molar-refractivity contribution in [3.05, 3.63) is 16.3 Å². The number of nitrogens with one attached hydrogen (secondary N) is 1. The molecule has 0 bridgehead atoms. The number of hydrogen-bond acceptors (Lipinski definition) is 6. The van der Waals surface area contributed by atoms with Crippen molar-refractivity contribution in [3.8, 4) is 5.88 Å². The molecule has 1 heterocycles. The van der Waals surface area contributed by atoms with E-state index in [1.54, 1.807) is 0 Å². The molecule has 0 saturated carbocycles. The van der Waals surface area contributed by atoms with E-state index in [0.29, 0.717) is 6.54 Å². The molecule has 118 valence electrons. The van der Waals surface area contributed by atoms with Gasteiger partial charge in [-0.1, -0.05) is 6.92 Å². The normalized spacial score (nSPS) is 11.2. The quantitative estimate of drug-likeness (QED) is 0.451. The first-order valence-corrected chi connectivity index (χ1v) is 6.28. The number of alkyl halides is 3. The fourth-order valence-electron chi connectivity index (χ4n) is 1.35. The Morgan fingerprint density at radius 3 is 2.76 bits per heavy atom. The standard InChI is InChI=1S/C11H15F3N4O3/c1-2-5-15-10-16-7-8(18(19)20)9(17-10)21-6-3-4-11(12,13)14/h7H,2-6H2,1H3,(H,15,16,17). The number of anilines is 1. The maximum atomic E-state index is 12.0. The third kappa shape index (κ3) is 6.23. The molecule has 0 aliphatic heterocycles. The van der Waals surface area contributed by atoms with Crippen molar-refractivity contribution < 1.29 is 22.8 Å². The molecule has 0 spiro atoms. The molecular formula is C11H15F3N4O3. The molecule has 7 nitrogen and oxygen atoms in total. The molecular weight excluding hydrogens is 293 g/mol. The first-order valence-electron chi connectivity index (χ1n) is 6.28. The fourth-order valence-corrected chi connectivity index (χ4v) is 1.35. The highest BCUT2D eigenvalue weighted by molar-refractivity contribution is 5.43. The molecule has 0 atom stereocenters. The van der Waals surface area contributed by atoms with Gasteiger partial charge in [0.15, 0.2) is 0 Å². The van der Waals surface area contributed by atoms with Gasteiger partial charge in [-0.2, -0.15) is 18.2 Å². The molecule has 1 aromatic heterocycles. The molecule has 10 heteroatoms. The van der Waals surface area contributed by atoms with Crippen molar-refractivity contribution in [1.29, 1.82) is 0 Å². The van der Waals surface area contributed by atoms with Gasteiger partial charge >= 0.3 is 11.9 Å². The molecule has 0 aliphatic carbocycles. The Labute approximate surface area is 118 Å². The van der Waals surface area contributed by atoms with E-state index >= 15 is 0 Å². The highest BCUT2D eigenvalue weighted by Gasteiger charge is 2.26. The number of aromatic nitrogens is 2. The van der Waals surface area contributed by atoms with E-state index in [1.807, 2.05) is 6.92 Å². The smallest absolute Gasteiger partial charge is 0.389 e. The van der Waals surface area contributed by atoms with Crippen LogP contribution in [0.15, 0.2) is 6.20 Å². The third-order valence-electron chi connectivity index (χ3n) is 2.31. The average Bonchev–Trinajstić information content (AvgIpc) is 2.40. The van der Waals surface area contributed by atoms with Crippen molar-refractivity contribution in [3.63, 3.8) is 0 Å². The second-order valence-corrected chi connectivity index (χ2v) is 4.14. The minimum Gasteiger partial charge on any atom is -0.473 e. The summed E-state index contributed by atoms with van der Waals surface area (Å²) in [6.45, 7) is 2.16. The molecule has 0 unspecified atom stereocenters. The predicted molar refractivity (Wildman–Crippen MR) is 68.3 cm³/mol. The summed E-state index contributed by atoms with van der Waals surface area (Å²) < 4.78 is 41.0. The molecule has 0 saturated heterocycles. The van der Waals surface area contributed by atoms with Crippen LogP contribution in [0, 0.1) is 10.1 Å². The maximum Gasteiger partial charge on any atom is 0.389 e. The fraction of sp³-hybridized carbons (Fsp3) is 0.636. The van der Waals surface area contributed by atoms with E-state index in [2.05, 4.69) is 15.3 Å². The Hall–Kier alpha value is -2.13. The number of nitrogens with zero attached hydrogens (tertiary/aromatic N) is 3. The molecule has 0 amide bonds. The summed E-state index contributed by atoms with van der Waals surface area (Å²) >= 11 is 0. The molecule has 0 aromatic carbocycles. The average molecular weight is 308 g/mol. The van der Waals surface area contributed by atoms with E-state index in [-0.39, 0.29) is 24.9 Å². The minimum atomic E-state index is -4.28. The molecule has 1 aromatic rings. The van der Waals surface area contributed by atoms with Crippen molar-refractivity contribution >= 4 is 11.6 Å². The Morgan fingerprint density at radius 2 is 2.19 bits per heavy atom. The lowest BCUT2D eigenvalue weighted by Gasteiger charge is -2.09. The van der Waals surface area contributed by atoms with Gasteiger partial charge in [0.05, 0.1) is 11.5 Å². The summed E-state index contributed by atoms with van der Waals surface area (Å²) in [6, 6.07) is 0. The highest BCUT2D eigenvalue weighted by Crippen LogP contribution is 2.26. The molecule has 1 N–H and O–H groups in total. The van der Waals surface area contributed by atoms with Crippen LogP contribution in [0.1, 0.15) is 26.2 Å². The van der Waals surface area contributed by atoms with Gasteiger partial charge in [0.25, 0.3) is 5.88 Å². The molecule has 21 heavy (non-hydrogen) atoms. The second-order valence-electron chi connectivity index (χ2n) is 4.14. The van der Waals surface area contributed by atoms with Crippen molar-refractivity contribution in [2.45, 2.75) is 32.4 Å². The van der Waals surface area contributed by atoms with Crippen LogP contribution < -0.4 is 10.1 Å². The van der Waals surface area contributed by atoms with Crippen LogP contribution in [-0.2, 0) is 0 Å². The van der Waals surface area contributed by atoms with Crippen LogP contribution in [-0.4, -0.2) is 34.2 Å². The van der Waals surface area contributed by atoms with E-state index < -0.39 is 23.2 Å². The molecule has 1 rings (SSSR count). The third-order valence-corrected chi connectivity index (χ3v) is 2.31. The molecule has 0 radical (unpaired) electrons. The van der Waals surface area contributed by atoms with Gasteiger partial charge in [0, 0.05) is 13.0 Å². The van der Waals surface area contributed by atoms with E-state index in [4.69, 9.17) is 4.74 Å². The van der Waals surface area contributed by atoms with E-state index in [0.717, 1.165) is 12.6 Å². The van der Waals surface area contributed by atoms with Gasteiger partial charge in [-0.15, -0.1) is 0 Å². The first-order chi connectivity index (χ1) is 9.83. The number of nitro groups is 1. The summed E-state index contributed by atoms with van der Waals surface area (Å²) in [5.41, 5.74) is -0.482. The SMILES string of the molecule is CCCNc1ncc([N+](=O)[O-])c(OCCCC(F)(F)F)n1. The van der Waals surface area contributed by atoms with Gasteiger partial charge in [-0.05, 0) is 12.8 Å². The number of hydrogen-bond donors (Lipinski definition) is 1. The van der Waals surface area contributed by atoms with Crippen molar-refractivity contribution in [2.75, 3.05) is 18.5 Å². The van der Waals surface area contributed by atoms with Gasteiger partial charge in [0.2, 0.25) is 5.95 Å². The number of ether oxygens (including phenoxy) is 1. The van der Waals surface area contributed by atoms with Crippen LogP contribution in [0.4, 0.5) is 24.8 Å². The lowest BCUT2D eigenvalue weighted by molar-refractivity contribution is -0.386. The predicted octanol–water partition coefficient (Wildman–Crippen LogP) is 2.93. The summed E-state index contributed by atoms with van der Waals surface area (Å²) in [6.07, 6.45) is -3.85. The van der Waals surface area contributed by atoms with Crippen molar-refractivity contribution in [2.24, 2.45) is 0 Å². The van der Waals surface area contributed by atoms with Gasteiger partial charge in [-0.25, -0.2) is 4.98 Å². The lowest BCUT2D eigenvalue weighted by atomic mass is 10.3.